The average molecular weight is 351 g/mol. The summed E-state index contributed by atoms with van der Waals surface area (Å²) in [4.78, 5) is 11.7. The Bertz CT molecular complexity index is 1100. The molecule has 2 aromatic carbocycles. The van der Waals surface area contributed by atoms with Crippen molar-refractivity contribution in [1.82, 2.24) is 3.97 Å². The van der Waals surface area contributed by atoms with Crippen LogP contribution in [0.5, 0.6) is 0 Å². The zero-order chi connectivity index (χ0) is 18.2. The van der Waals surface area contributed by atoms with Gasteiger partial charge in [0, 0.05) is 17.1 Å². The summed E-state index contributed by atoms with van der Waals surface area (Å²) in [5, 5.41) is 0.554. The maximum Gasteiger partial charge on any atom is 0.268 e. The minimum absolute atomic E-state index is 0.167. The number of hydrogen-bond acceptors (Lipinski definition) is 3. The number of nitrogens with zero attached hydrogens (tertiary/aromatic N) is 1. The van der Waals surface area contributed by atoms with E-state index in [1.54, 1.807) is 48.5 Å². The van der Waals surface area contributed by atoms with E-state index in [1.807, 2.05) is 6.92 Å². The lowest BCUT2D eigenvalue weighted by atomic mass is 10.0. The standard InChI is InChI=1S/C20H17NO3S/c1-4-15(3)18-6-5-7-19-20(18)16(13-22)12-21(19)25(23,24)17-10-8-14(2)9-11-17/h4-13H,1,3H2,2H3. The largest absolute Gasteiger partial charge is 0.298 e. The Kier molecular flexibility index (Phi) is 4.18. The SMILES string of the molecule is C=CC(=C)c1cccc2c1c(C=O)cn2S(=O)(=O)c1ccc(C)cc1. The Balaban J connectivity index is 2.34. The second kappa shape index (κ2) is 6.18. The minimum Gasteiger partial charge on any atom is -0.298 e. The number of carbonyl (C=O) groups excluding carboxylic acids is 1. The molecule has 0 unspecified atom stereocenters. The van der Waals surface area contributed by atoms with Crippen molar-refractivity contribution in [3.63, 3.8) is 0 Å². The molecule has 4 nitrogen and oxygen atoms in total. The van der Waals surface area contributed by atoms with Crippen LogP contribution in [0.15, 0.2) is 72.8 Å². The second-order valence-electron chi connectivity index (χ2n) is 5.75. The molecule has 126 valence electrons. The summed E-state index contributed by atoms with van der Waals surface area (Å²) >= 11 is 0. The average Bonchev–Trinajstić information content (AvgIpc) is 3.01. The predicted octanol–water partition coefficient (Wildman–Crippen LogP) is 4.20. The summed E-state index contributed by atoms with van der Waals surface area (Å²) in [6.07, 6.45) is 3.59. The maximum absolute atomic E-state index is 13.0. The monoisotopic (exact) mass is 351 g/mol. The Hall–Kier alpha value is -2.92. The van der Waals surface area contributed by atoms with Crippen molar-refractivity contribution in [2.45, 2.75) is 11.8 Å². The molecule has 1 aromatic heterocycles. The van der Waals surface area contributed by atoms with Crippen molar-refractivity contribution >= 4 is 32.8 Å². The van der Waals surface area contributed by atoms with Gasteiger partial charge in [0.05, 0.1) is 10.4 Å². The zero-order valence-electron chi connectivity index (χ0n) is 13.8. The zero-order valence-corrected chi connectivity index (χ0v) is 14.6. The lowest BCUT2D eigenvalue weighted by molar-refractivity contribution is 0.112. The van der Waals surface area contributed by atoms with Gasteiger partial charge in [-0.1, -0.05) is 49.1 Å². The van der Waals surface area contributed by atoms with Crippen LogP contribution in [0.4, 0.5) is 0 Å². The second-order valence-corrected chi connectivity index (χ2v) is 7.56. The highest BCUT2D eigenvalue weighted by atomic mass is 32.2. The van der Waals surface area contributed by atoms with Gasteiger partial charge in [-0.2, -0.15) is 0 Å². The van der Waals surface area contributed by atoms with Crippen molar-refractivity contribution in [2.24, 2.45) is 0 Å². The molecule has 3 rings (SSSR count). The number of aldehydes is 1. The van der Waals surface area contributed by atoms with Crippen molar-refractivity contribution < 1.29 is 13.2 Å². The van der Waals surface area contributed by atoms with Gasteiger partial charge < -0.3 is 0 Å². The molecule has 0 saturated heterocycles. The van der Waals surface area contributed by atoms with Crippen LogP contribution in [0.2, 0.25) is 0 Å². The van der Waals surface area contributed by atoms with E-state index in [-0.39, 0.29) is 4.90 Å². The van der Waals surface area contributed by atoms with Gasteiger partial charge in [0.25, 0.3) is 10.0 Å². The van der Waals surface area contributed by atoms with Crippen LogP contribution in [-0.2, 0) is 10.0 Å². The molecule has 0 atom stereocenters. The normalized spacial score (nSPS) is 11.4. The summed E-state index contributed by atoms with van der Waals surface area (Å²) in [6.45, 7) is 9.50. The highest BCUT2D eigenvalue weighted by Gasteiger charge is 2.22. The first-order valence-electron chi connectivity index (χ1n) is 7.63. The van der Waals surface area contributed by atoms with Crippen molar-refractivity contribution in [3.8, 4) is 0 Å². The van der Waals surface area contributed by atoms with E-state index in [9.17, 15) is 13.2 Å². The third-order valence-electron chi connectivity index (χ3n) is 4.12. The first-order valence-corrected chi connectivity index (χ1v) is 9.07. The lowest BCUT2D eigenvalue weighted by Crippen LogP contribution is -2.11. The highest BCUT2D eigenvalue weighted by molar-refractivity contribution is 7.90. The van der Waals surface area contributed by atoms with E-state index < -0.39 is 10.0 Å². The first-order chi connectivity index (χ1) is 11.9. The molecule has 0 spiro atoms. The summed E-state index contributed by atoms with van der Waals surface area (Å²) in [6, 6.07) is 11.8. The molecule has 0 amide bonds. The van der Waals surface area contributed by atoms with Gasteiger partial charge in [-0.05, 0) is 36.3 Å². The van der Waals surface area contributed by atoms with Crippen LogP contribution in [0, 0.1) is 6.92 Å². The fraction of sp³-hybridized carbons (Fsp3) is 0.0500. The summed E-state index contributed by atoms with van der Waals surface area (Å²) in [5.74, 6) is 0. The Morgan fingerprint density at radius 3 is 2.40 bits per heavy atom. The van der Waals surface area contributed by atoms with Gasteiger partial charge in [-0.3, -0.25) is 4.79 Å². The van der Waals surface area contributed by atoms with E-state index in [0.29, 0.717) is 33.9 Å². The lowest BCUT2D eigenvalue weighted by Gasteiger charge is -2.09. The number of aryl methyl sites for hydroxylation is 1. The molecule has 0 N–H and O–H groups in total. The molecular formula is C20H17NO3S. The molecule has 0 aliphatic carbocycles. The van der Waals surface area contributed by atoms with Gasteiger partial charge in [0.2, 0.25) is 0 Å². The van der Waals surface area contributed by atoms with Crippen molar-refractivity contribution in [3.05, 3.63) is 84.6 Å². The van der Waals surface area contributed by atoms with Crippen LogP contribution in [0.3, 0.4) is 0 Å². The van der Waals surface area contributed by atoms with E-state index in [1.165, 1.54) is 6.20 Å². The quantitative estimate of drug-likeness (QED) is 0.511. The van der Waals surface area contributed by atoms with E-state index >= 15 is 0 Å². The fourth-order valence-corrected chi connectivity index (χ4v) is 4.15. The van der Waals surface area contributed by atoms with Crippen molar-refractivity contribution in [2.75, 3.05) is 0 Å². The third-order valence-corrected chi connectivity index (χ3v) is 5.81. The van der Waals surface area contributed by atoms with Gasteiger partial charge in [0.1, 0.15) is 0 Å². The van der Waals surface area contributed by atoms with Gasteiger partial charge in [-0.25, -0.2) is 12.4 Å². The summed E-state index contributed by atoms with van der Waals surface area (Å²) in [7, 11) is -3.82. The molecule has 0 bridgehead atoms. The molecule has 3 aromatic rings. The van der Waals surface area contributed by atoms with Gasteiger partial charge in [-0.15, -0.1) is 0 Å². The molecule has 5 heteroatoms. The molecule has 0 aliphatic rings. The topological polar surface area (TPSA) is 56.1 Å². The third kappa shape index (κ3) is 2.72. The maximum atomic E-state index is 13.0. The molecule has 0 radical (unpaired) electrons. The number of rotatable bonds is 5. The predicted molar refractivity (Wildman–Crippen MR) is 100 cm³/mol. The van der Waals surface area contributed by atoms with E-state index in [2.05, 4.69) is 13.2 Å². The summed E-state index contributed by atoms with van der Waals surface area (Å²) in [5.41, 5.74) is 3.01. The van der Waals surface area contributed by atoms with Crippen LogP contribution >= 0.6 is 0 Å². The van der Waals surface area contributed by atoms with E-state index in [4.69, 9.17) is 0 Å². The molecule has 1 heterocycles. The number of benzene rings is 2. The molecule has 0 fully saturated rings. The minimum atomic E-state index is -3.82. The van der Waals surface area contributed by atoms with Crippen LogP contribution in [0.25, 0.3) is 16.5 Å². The number of fused-ring (bicyclic) bond motifs is 1. The Labute approximate surface area is 146 Å². The van der Waals surface area contributed by atoms with Crippen LogP contribution in [0.1, 0.15) is 21.5 Å². The number of carbonyl (C=O) groups is 1. The van der Waals surface area contributed by atoms with Gasteiger partial charge >= 0.3 is 0 Å². The number of hydrogen-bond donors (Lipinski definition) is 0. The Morgan fingerprint density at radius 2 is 1.80 bits per heavy atom. The van der Waals surface area contributed by atoms with Crippen LogP contribution < -0.4 is 0 Å². The van der Waals surface area contributed by atoms with Crippen molar-refractivity contribution in [1.29, 1.82) is 0 Å². The van der Waals surface area contributed by atoms with Crippen LogP contribution in [-0.4, -0.2) is 18.7 Å². The molecular weight excluding hydrogens is 334 g/mol. The fourth-order valence-electron chi connectivity index (χ4n) is 2.78. The van der Waals surface area contributed by atoms with E-state index in [0.717, 1.165) is 9.54 Å². The Morgan fingerprint density at radius 1 is 1.12 bits per heavy atom. The molecule has 0 aliphatic heterocycles. The van der Waals surface area contributed by atoms with Gasteiger partial charge in [0.15, 0.2) is 6.29 Å². The smallest absolute Gasteiger partial charge is 0.268 e. The number of allylic oxidation sites excluding steroid dienone is 2. The summed E-state index contributed by atoms with van der Waals surface area (Å²) < 4.78 is 27.2. The highest BCUT2D eigenvalue weighted by Crippen LogP contribution is 2.31. The molecule has 25 heavy (non-hydrogen) atoms. The first kappa shape index (κ1) is 16.9. The number of aromatic nitrogens is 1. The molecule has 0 saturated carbocycles.